The highest BCUT2D eigenvalue weighted by Gasteiger charge is 2.48. The second-order valence-electron chi connectivity index (χ2n) is 9.65. The summed E-state index contributed by atoms with van der Waals surface area (Å²) in [5.74, 6) is 0.788. The van der Waals surface area contributed by atoms with Gasteiger partial charge in [-0.05, 0) is 77.0 Å². The van der Waals surface area contributed by atoms with Crippen LogP contribution in [0.2, 0.25) is 0 Å². The van der Waals surface area contributed by atoms with Crippen molar-refractivity contribution in [2.75, 3.05) is 6.61 Å². The molecule has 160 valence electrons. The molecule has 1 aliphatic heterocycles. The predicted molar refractivity (Wildman–Crippen MR) is 111 cm³/mol. The molecule has 1 aliphatic carbocycles. The molecule has 1 aromatic carbocycles. The quantitative estimate of drug-likeness (QED) is 0.417. The van der Waals surface area contributed by atoms with Crippen LogP contribution in [0.4, 0.5) is 0 Å². The largest absolute Gasteiger partial charge is 0.508 e. The Morgan fingerprint density at radius 2 is 2.07 bits per heavy atom. The minimum atomic E-state index is -0.900. The molecule has 0 radical (unpaired) electrons. The van der Waals surface area contributed by atoms with Gasteiger partial charge in [0.15, 0.2) is 0 Å². The number of phenols is 1. The summed E-state index contributed by atoms with van der Waals surface area (Å²) in [5.41, 5.74) is 0.150. The topological polar surface area (TPSA) is 72.8 Å². The van der Waals surface area contributed by atoms with E-state index in [1.807, 2.05) is 26.8 Å². The van der Waals surface area contributed by atoms with Crippen LogP contribution in [-0.4, -0.2) is 29.6 Å². The molecule has 0 amide bonds. The van der Waals surface area contributed by atoms with Crippen molar-refractivity contribution in [3.8, 4) is 11.5 Å². The predicted octanol–water partition coefficient (Wildman–Crippen LogP) is 4.88. The van der Waals surface area contributed by atoms with Crippen LogP contribution in [-0.2, 0) is 19.7 Å². The molecule has 29 heavy (non-hydrogen) atoms. The average molecular weight is 403 g/mol. The highest BCUT2D eigenvalue weighted by Crippen LogP contribution is 2.55. The van der Waals surface area contributed by atoms with Crippen molar-refractivity contribution in [2.45, 2.75) is 83.7 Å². The maximum absolute atomic E-state index is 12.7. The summed E-state index contributed by atoms with van der Waals surface area (Å²) in [6.07, 6.45) is 5.32. The molecule has 5 nitrogen and oxygen atoms in total. The first kappa shape index (κ1) is 21.7. The van der Waals surface area contributed by atoms with E-state index in [9.17, 15) is 14.7 Å². The lowest BCUT2D eigenvalue weighted by molar-refractivity contribution is -0.149. The molecule has 3 atom stereocenters. The van der Waals surface area contributed by atoms with E-state index in [-0.39, 0.29) is 29.5 Å². The highest BCUT2D eigenvalue weighted by molar-refractivity contribution is 5.82. The third-order valence-corrected chi connectivity index (χ3v) is 6.80. The Balaban J connectivity index is 1.97. The number of fused-ring (bicyclic) bond motifs is 3. The molecule has 5 heteroatoms. The average Bonchev–Trinajstić information content (AvgIpc) is 2.66. The van der Waals surface area contributed by atoms with Crippen LogP contribution in [0.15, 0.2) is 12.1 Å². The zero-order valence-corrected chi connectivity index (χ0v) is 18.3. The molecule has 0 saturated heterocycles. The van der Waals surface area contributed by atoms with E-state index < -0.39 is 11.0 Å². The summed E-state index contributed by atoms with van der Waals surface area (Å²) in [6.45, 7) is 10.2. The second-order valence-corrected chi connectivity index (χ2v) is 9.65. The molecule has 1 aromatic rings. The number of ether oxygens (including phenoxy) is 2. The van der Waals surface area contributed by atoms with Crippen molar-refractivity contribution in [2.24, 2.45) is 11.8 Å². The van der Waals surface area contributed by atoms with Crippen LogP contribution in [0, 0.1) is 11.8 Å². The van der Waals surface area contributed by atoms with Crippen LogP contribution in [0.1, 0.15) is 83.8 Å². The SMILES string of the molecule is CCCCOC(=O)C(C)(C)c1cc(O)c2c(c1)OC(C)(C)[C@@H]1CCC(C=O)C[C@@H]21. The molecular weight excluding hydrogens is 368 g/mol. The minimum Gasteiger partial charge on any atom is -0.508 e. The van der Waals surface area contributed by atoms with Gasteiger partial charge in [-0.25, -0.2) is 0 Å². The molecule has 2 aliphatic rings. The Labute approximate surface area is 173 Å². The van der Waals surface area contributed by atoms with Crippen LogP contribution in [0.25, 0.3) is 0 Å². The van der Waals surface area contributed by atoms with Crippen LogP contribution >= 0.6 is 0 Å². The van der Waals surface area contributed by atoms with Crippen molar-refractivity contribution in [3.63, 3.8) is 0 Å². The van der Waals surface area contributed by atoms with Gasteiger partial charge in [0.05, 0.1) is 12.0 Å². The van der Waals surface area contributed by atoms with E-state index in [1.54, 1.807) is 6.07 Å². The number of phenolic OH excluding ortho intramolecular Hbond substituents is 1. The lowest BCUT2D eigenvalue weighted by Gasteiger charge is -2.48. The lowest BCUT2D eigenvalue weighted by Crippen LogP contribution is -2.47. The molecule has 0 spiro atoms. The Bertz CT molecular complexity index is 780. The lowest BCUT2D eigenvalue weighted by atomic mass is 9.64. The molecule has 1 N–H and O–H groups in total. The van der Waals surface area contributed by atoms with Crippen molar-refractivity contribution < 1.29 is 24.2 Å². The number of carbonyl (C=O) groups is 2. The Morgan fingerprint density at radius 3 is 2.72 bits per heavy atom. The van der Waals surface area contributed by atoms with Crippen molar-refractivity contribution >= 4 is 12.3 Å². The smallest absolute Gasteiger partial charge is 0.315 e. The summed E-state index contributed by atoms with van der Waals surface area (Å²) in [6, 6.07) is 3.54. The number of benzene rings is 1. The van der Waals surface area contributed by atoms with Crippen LogP contribution in [0.5, 0.6) is 11.5 Å². The van der Waals surface area contributed by atoms with E-state index in [4.69, 9.17) is 9.47 Å². The molecular formula is C24H34O5. The van der Waals surface area contributed by atoms with Gasteiger partial charge >= 0.3 is 5.97 Å². The standard InChI is InChI=1S/C24H34O5/c1-6-7-10-28-22(27)23(2,3)16-12-19(26)21-17-11-15(14-25)8-9-18(17)24(4,5)29-20(21)13-16/h12-15,17-18,26H,6-11H2,1-5H3/t15?,17-,18-/m1/s1. The van der Waals surface area contributed by atoms with Crippen molar-refractivity contribution in [1.82, 2.24) is 0 Å². The van der Waals surface area contributed by atoms with Crippen LogP contribution < -0.4 is 4.74 Å². The number of hydrogen-bond donors (Lipinski definition) is 1. The zero-order chi connectivity index (χ0) is 21.4. The van der Waals surface area contributed by atoms with E-state index in [2.05, 4.69) is 13.8 Å². The Hall–Kier alpha value is -2.04. The normalized spacial score (nSPS) is 25.3. The fourth-order valence-electron chi connectivity index (χ4n) is 4.87. The first-order chi connectivity index (χ1) is 13.6. The molecule has 1 fully saturated rings. The maximum Gasteiger partial charge on any atom is 0.315 e. The fraction of sp³-hybridized carbons (Fsp3) is 0.667. The fourth-order valence-corrected chi connectivity index (χ4v) is 4.87. The number of aromatic hydroxyl groups is 1. The second kappa shape index (κ2) is 8.00. The van der Waals surface area contributed by atoms with E-state index >= 15 is 0 Å². The monoisotopic (exact) mass is 402 g/mol. The first-order valence-corrected chi connectivity index (χ1v) is 10.8. The van der Waals surface area contributed by atoms with Crippen molar-refractivity contribution in [1.29, 1.82) is 0 Å². The summed E-state index contributed by atoms with van der Waals surface area (Å²) >= 11 is 0. The van der Waals surface area contributed by atoms with Crippen LogP contribution in [0.3, 0.4) is 0 Å². The molecule has 0 aromatic heterocycles. The third-order valence-electron chi connectivity index (χ3n) is 6.80. The first-order valence-electron chi connectivity index (χ1n) is 10.8. The summed E-state index contributed by atoms with van der Waals surface area (Å²) in [4.78, 5) is 24.1. The molecule has 1 unspecified atom stereocenters. The maximum atomic E-state index is 12.7. The van der Waals surface area contributed by atoms with Crippen molar-refractivity contribution in [3.05, 3.63) is 23.3 Å². The Kier molecular flexibility index (Phi) is 5.98. The molecule has 3 rings (SSSR count). The number of esters is 1. The minimum absolute atomic E-state index is 0.0158. The van der Waals surface area contributed by atoms with Gasteiger partial charge in [0.2, 0.25) is 0 Å². The van der Waals surface area contributed by atoms with Gasteiger partial charge in [-0.2, -0.15) is 0 Å². The third kappa shape index (κ3) is 4.01. The molecule has 0 bridgehead atoms. The van der Waals surface area contributed by atoms with Gasteiger partial charge in [0.1, 0.15) is 23.4 Å². The van der Waals surface area contributed by atoms with Gasteiger partial charge in [0.25, 0.3) is 0 Å². The highest BCUT2D eigenvalue weighted by atomic mass is 16.5. The number of carbonyl (C=O) groups excluding carboxylic acids is 2. The zero-order valence-electron chi connectivity index (χ0n) is 18.3. The summed E-state index contributed by atoms with van der Waals surface area (Å²) in [5, 5.41) is 10.9. The van der Waals surface area contributed by atoms with E-state index in [0.717, 1.165) is 44.0 Å². The number of unbranched alkanes of at least 4 members (excludes halogenated alkanes) is 1. The van der Waals surface area contributed by atoms with Gasteiger partial charge in [-0.1, -0.05) is 13.3 Å². The van der Waals surface area contributed by atoms with Gasteiger partial charge < -0.3 is 19.4 Å². The van der Waals surface area contributed by atoms with E-state index in [0.29, 0.717) is 17.9 Å². The van der Waals surface area contributed by atoms with Gasteiger partial charge in [-0.15, -0.1) is 0 Å². The summed E-state index contributed by atoms with van der Waals surface area (Å²) < 4.78 is 11.8. The molecule has 1 heterocycles. The number of rotatable bonds is 6. The van der Waals surface area contributed by atoms with Gasteiger partial charge in [0, 0.05) is 17.4 Å². The van der Waals surface area contributed by atoms with E-state index in [1.165, 1.54) is 0 Å². The van der Waals surface area contributed by atoms with Gasteiger partial charge in [-0.3, -0.25) is 4.79 Å². The number of aldehydes is 1. The summed E-state index contributed by atoms with van der Waals surface area (Å²) in [7, 11) is 0. The molecule has 1 saturated carbocycles. The number of hydrogen-bond acceptors (Lipinski definition) is 5. The Morgan fingerprint density at radius 1 is 1.34 bits per heavy atom.